The summed E-state index contributed by atoms with van der Waals surface area (Å²) in [5.74, 6) is -0.202. The van der Waals surface area contributed by atoms with Gasteiger partial charge in [-0.3, -0.25) is 9.59 Å². The molecule has 0 bridgehead atoms. The first kappa shape index (κ1) is 22.0. The Morgan fingerprint density at radius 3 is 2.38 bits per heavy atom. The zero-order valence-electron chi connectivity index (χ0n) is 18.2. The van der Waals surface area contributed by atoms with Gasteiger partial charge in [-0.1, -0.05) is 24.3 Å². The molecule has 0 spiro atoms. The number of halogens is 1. The first-order valence-electron chi connectivity index (χ1n) is 11.0. The Morgan fingerprint density at radius 1 is 0.971 bits per heavy atom. The maximum Gasteiger partial charge on any atom is 0.293 e. The van der Waals surface area contributed by atoms with E-state index in [9.17, 15) is 14.0 Å². The molecule has 7 nitrogen and oxygen atoms in total. The molecular weight excluding hydrogens is 453 g/mol. The predicted octanol–water partition coefficient (Wildman–Crippen LogP) is 4.63. The number of nitrogens with zero attached hydrogens (tertiary/aromatic N) is 4. The first-order chi connectivity index (χ1) is 16.6. The Hall–Kier alpha value is -3.85. The highest BCUT2D eigenvalue weighted by molar-refractivity contribution is 7.13. The number of likely N-dealkylation sites (tertiary alicyclic amines) is 1. The van der Waals surface area contributed by atoms with Crippen molar-refractivity contribution in [3.63, 3.8) is 0 Å². The molecule has 5 rings (SSSR count). The van der Waals surface area contributed by atoms with Gasteiger partial charge in [-0.25, -0.2) is 14.1 Å². The quantitative estimate of drug-likeness (QED) is 0.457. The van der Waals surface area contributed by atoms with Crippen molar-refractivity contribution < 1.29 is 14.0 Å². The van der Waals surface area contributed by atoms with Gasteiger partial charge in [0.15, 0.2) is 5.82 Å². The van der Waals surface area contributed by atoms with Gasteiger partial charge in [-0.05, 0) is 60.7 Å². The van der Waals surface area contributed by atoms with Gasteiger partial charge in [-0.15, -0.1) is 16.4 Å². The van der Waals surface area contributed by atoms with Crippen molar-refractivity contribution in [2.45, 2.75) is 12.8 Å². The van der Waals surface area contributed by atoms with Crippen molar-refractivity contribution in [1.29, 1.82) is 0 Å². The number of anilines is 1. The normalized spacial score (nSPS) is 14.2. The standard InChI is InChI=1S/C25H22FN5O2S/c26-18-8-10-20(11-9-18)31-23(21-7-4-16-34-21)28-22(29-31)25(33)30-14-12-17(13-15-30)24(32)27-19-5-2-1-3-6-19/h1-11,16-17H,12-15H2,(H,27,32). The lowest BCUT2D eigenvalue weighted by atomic mass is 9.95. The molecule has 1 N–H and O–H groups in total. The Labute approximate surface area is 199 Å². The Balaban J connectivity index is 1.31. The second-order valence-corrected chi connectivity index (χ2v) is 8.99. The molecule has 1 fully saturated rings. The molecule has 0 atom stereocenters. The molecule has 9 heteroatoms. The van der Waals surface area contributed by atoms with E-state index >= 15 is 0 Å². The van der Waals surface area contributed by atoms with E-state index in [1.807, 2.05) is 47.8 Å². The van der Waals surface area contributed by atoms with Crippen molar-refractivity contribution in [1.82, 2.24) is 19.7 Å². The summed E-state index contributed by atoms with van der Waals surface area (Å²) in [6.07, 6.45) is 1.14. The van der Waals surface area contributed by atoms with Crippen LogP contribution < -0.4 is 5.32 Å². The van der Waals surface area contributed by atoms with Gasteiger partial charge in [0, 0.05) is 24.7 Å². The number of carbonyl (C=O) groups excluding carboxylic acids is 2. The second kappa shape index (κ2) is 9.56. The number of rotatable bonds is 5. The average Bonchev–Trinajstić information content (AvgIpc) is 3.55. The minimum atomic E-state index is -0.350. The molecule has 3 heterocycles. The molecule has 2 aromatic carbocycles. The largest absolute Gasteiger partial charge is 0.336 e. The smallest absolute Gasteiger partial charge is 0.293 e. The minimum absolute atomic E-state index is 0.0306. The van der Waals surface area contributed by atoms with Crippen LogP contribution in [0.25, 0.3) is 16.4 Å². The van der Waals surface area contributed by atoms with E-state index in [4.69, 9.17) is 0 Å². The highest BCUT2D eigenvalue weighted by Crippen LogP contribution is 2.27. The fraction of sp³-hybridized carbons (Fsp3) is 0.200. The van der Waals surface area contributed by atoms with Gasteiger partial charge >= 0.3 is 0 Å². The number of carbonyl (C=O) groups is 2. The van der Waals surface area contributed by atoms with Crippen LogP contribution >= 0.6 is 11.3 Å². The second-order valence-electron chi connectivity index (χ2n) is 8.05. The Morgan fingerprint density at radius 2 is 1.71 bits per heavy atom. The minimum Gasteiger partial charge on any atom is -0.336 e. The van der Waals surface area contributed by atoms with E-state index in [0.717, 1.165) is 10.6 Å². The molecule has 34 heavy (non-hydrogen) atoms. The third kappa shape index (κ3) is 4.60. The third-order valence-electron chi connectivity index (χ3n) is 5.81. The maximum atomic E-state index is 13.4. The molecule has 0 aliphatic carbocycles. The lowest BCUT2D eigenvalue weighted by Crippen LogP contribution is -2.41. The summed E-state index contributed by atoms with van der Waals surface area (Å²) in [7, 11) is 0. The van der Waals surface area contributed by atoms with Crippen molar-refractivity contribution in [3.05, 3.63) is 83.8 Å². The summed E-state index contributed by atoms with van der Waals surface area (Å²) < 4.78 is 15.0. The van der Waals surface area contributed by atoms with Crippen molar-refractivity contribution in [3.8, 4) is 16.4 Å². The van der Waals surface area contributed by atoms with Crippen LogP contribution in [0, 0.1) is 11.7 Å². The Kier molecular flexibility index (Phi) is 6.18. The van der Waals surface area contributed by atoms with Crippen LogP contribution in [-0.2, 0) is 4.79 Å². The number of nitrogens with one attached hydrogen (secondary N) is 1. The topological polar surface area (TPSA) is 80.1 Å². The van der Waals surface area contributed by atoms with Crippen molar-refractivity contribution >= 4 is 28.8 Å². The molecule has 2 aromatic heterocycles. The summed E-state index contributed by atoms with van der Waals surface area (Å²) in [4.78, 5) is 32.9. The summed E-state index contributed by atoms with van der Waals surface area (Å²) >= 11 is 1.49. The van der Waals surface area contributed by atoms with E-state index in [1.165, 1.54) is 23.5 Å². The van der Waals surface area contributed by atoms with Crippen LogP contribution in [0.3, 0.4) is 0 Å². The molecule has 2 amide bonds. The van der Waals surface area contributed by atoms with Gasteiger partial charge in [0.05, 0.1) is 10.6 Å². The SMILES string of the molecule is O=C(Nc1ccccc1)C1CCN(C(=O)c2nc(-c3cccs3)n(-c3ccc(F)cc3)n2)CC1. The highest BCUT2D eigenvalue weighted by atomic mass is 32.1. The summed E-state index contributed by atoms with van der Waals surface area (Å²) in [5.41, 5.74) is 1.38. The van der Waals surface area contributed by atoms with Crippen LogP contribution in [0.5, 0.6) is 0 Å². The van der Waals surface area contributed by atoms with Gasteiger partial charge in [0.1, 0.15) is 5.82 Å². The van der Waals surface area contributed by atoms with Crippen molar-refractivity contribution in [2.75, 3.05) is 18.4 Å². The van der Waals surface area contributed by atoms with Crippen LogP contribution in [0.15, 0.2) is 72.1 Å². The molecule has 0 saturated carbocycles. The van der Waals surface area contributed by atoms with Crippen molar-refractivity contribution in [2.24, 2.45) is 5.92 Å². The molecule has 1 saturated heterocycles. The fourth-order valence-corrected chi connectivity index (χ4v) is 4.68. The fourth-order valence-electron chi connectivity index (χ4n) is 3.98. The number of benzene rings is 2. The monoisotopic (exact) mass is 475 g/mol. The number of para-hydroxylation sites is 1. The summed E-state index contributed by atoms with van der Waals surface area (Å²) in [6, 6.07) is 19.1. The van der Waals surface area contributed by atoms with E-state index in [2.05, 4.69) is 15.4 Å². The molecule has 0 radical (unpaired) electrons. The third-order valence-corrected chi connectivity index (χ3v) is 6.67. The number of hydrogen-bond donors (Lipinski definition) is 1. The van der Waals surface area contributed by atoms with E-state index in [0.29, 0.717) is 37.4 Å². The number of amides is 2. The first-order valence-corrected chi connectivity index (χ1v) is 11.9. The zero-order valence-corrected chi connectivity index (χ0v) is 19.0. The van der Waals surface area contributed by atoms with E-state index < -0.39 is 0 Å². The zero-order chi connectivity index (χ0) is 23.5. The molecule has 1 aliphatic rings. The van der Waals surface area contributed by atoms with E-state index in [-0.39, 0.29) is 29.4 Å². The lowest BCUT2D eigenvalue weighted by Gasteiger charge is -2.30. The van der Waals surface area contributed by atoms with Gasteiger partial charge in [-0.2, -0.15) is 0 Å². The van der Waals surface area contributed by atoms with Gasteiger partial charge in [0.25, 0.3) is 5.91 Å². The van der Waals surface area contributed by atoms with Crippen LogP contribution in [0.2, 0.25) is 0 Å². The maximum absolute atomic E-state index is 13.4. The Bertz CT molecular complexity index is 1280. The number of thiophene rings is 1. The summed E-state index contributed by atoms with van der Waals surface area (Å²) in [5, 5.41) is 9.33. The van der Waals surface area contributed by atoms with Crippen LogP contribution in [0.1, 0.15) is 23.5 Å². The molecule has 172 valence electrons. The number of hydrogen-bond acceptors (Lipinski definition) is 5. The lowest BCUT2D eigenvalue weighted by molar-refractivity contribution is -0.121. The molecule has 1 aliphatic heterocycles. The molecule has 4 aromatic rings. The van der Waals surface area contributed by atoms with Crippen LogP contribution in [-0.4, -0.2) is 44.6 Å². The van der Waals surface area contributed by atoms with Crippen LogP contribution in [0.4, 0.5) is 10.1 Å². The number of piperidine rings is 1. The van der Waals surface area contributed by atoms with E-state index in [1.54, 1.807) is 21.7 Å². The molecule has 0 unspecified atom stereocenters. The van der Waals surface area contributed by atoms with Gasteiger partial charge in [0.2, 0.25) is 11.7 Å². The molecular formula is C25H22FN5O2S. The average molecular weight is 476 g/mol. The van der Waals surface area contributed by atoms with Gasteiger partial charge < -0.3 is 10.2 Å². The predicted molar refractivity (Wildman–Crippen MR) is 128 cm³/mol. The summed E-state index contributed by atoms with van der Waals surface area (Å²) in [6.45, 7) is 0.899. The highest BCUT2D eigenvalue weighted by Gasteiger charge is 2.30. The number of aromatic nitrogens is 3.